The number of nitrogens with one attached hydrogen (secondary N) is 2. The van der Waals surface area contributed by atoms with E-state index in [0.717, 1.165) is 10.0 Å². The molecular weight excluding hydrogens is 246 g/mol. The first-order valence-corrected chi connectivity index (χ1v) is 5.00. The average molecular weight is 258 g/mol. The van der Waals surface area contributed by atoms with Gasteiger partial charge in [-0.2, -0.15) is 0 Å². The molecule has 1 aromatic rings. The topological polar surface area (TPSA) is 54.0 Å². The number of hydrogen-bond donors (Lipinski definition) is 2. The molecule has 0 aliphatic carbocycles. The summed E-state index contributed by atoms with van der Waals surface area (Å²) in [4.78, 5) is 15.1. The first-order valence-electron chi connectivity index (χ1n) is 4.20. The van der Waals surface area contributed by atoms with Gasteiger partial charge in [-0.05, 0) is 34.5 Å². The normalized spacial score (nSPS) is 9.64. The minimum absolute atomic E-state index is 0.0693. The molecule has 4 nitrogen and oxygen atoms in total. The fraction of sp³-hybridized carbons (Fsp3) is 0.333. The second-order valence-electron chi connectivity index (χ2n) is 2.82. The SMILES string of the molecule is CNC(=O)CNc1nccc(C)c1Br. The number of likely N-dealkylation sites (N-methyl/N-ethyl adjacent to an activating group) is 1. The van der Waals surface area contributed by atoms with Crippen LogP contribution < -0.4 is 10.6 Å². The van der Waals surface area contributed by atoms with E-state index in [1.165, 1.54) is 0 Å². The Labute approximate surface area is 91.2 Å². The molecule has 0 saturated heterocycles. The second kappa shape index (κ2) is 4.95. The van der Waals surface area contributed by atoms with E-state index in [9.17, 15) is 4.79 Å². The number of pyridine rings is 1. The molecule has 0 bridgehead atoms. The standard InChI is InChI=1S/C9H12BrN3O/c1-6-3-4-12-9(8(6)10)13-5-7(14)11-2/h3-4H,5H2,1-2H3,(H,11,14)(H,12,13). The third-order valence-electron chi connectivity index (χ3n) is 1.78. The van der Waals surface area contributed by atoms with Crippen LogP contribution in [0.5, 0.6) is 0 Å². The summed E-state index contributed by atoms with van der Waals surface area (Å²) in [6.07, 6.45) is 1.70. The van der Waals surface area contributed by atoms with Crippen LogP contribution in [0.25, 0.3) is 0 Å². The fourth-order valence-corrected chi connectivity index (χ4v) is 1.29. The van der Waals surface area contributed by atoms with Crippen molar-refractivity contribution in [3.8, 4) is 0 Å². The number of carbonyl (C=O) groups is 1. The van der Waals surface area contributed by atoms with Crippen molar-refractivity contribution in [3.63, 3.8) is 0 Å². The monoisotopic (exact) mass is 257 g/mol. The molecule has 0 fully saturated rings. The van der Waals surface area contributed by atoms with Crippen molar-refractivity contribution in [2.75, 3.05) is 18.9 Å². The molecule has 0 spiro atoms. The zero-order valence-electron chi connectivity index (χ0n) is 8.10. The van der Waals surface area contributed by atoms with E-state index in [0.29, 0.717) is 5.82 Å². The summed E-state index contributed by atoms with van der Waals surface area (Å²) in [5.41, 5.74) is 1.08. The van der Waals surface area contributed by atoms with Crippen LogP contribution in [0.3, 0.4) is 0 Å². The van der Waals surface area contributed by atoms with Gasteiger partial charge in [0.25, 0.3) is 0 Å². The van der Waals surface area contributed by atoms with Gasteiger partial charge in [0.2, 0.25) is 5.91 Å². The summed E-state index contributed by atoms with van der Waals surface area (Å²) >= 11 is 3.40. The van der Waals surface area contributed by atoms with E-state index in [-0.39, 0.29) is 12.5 Å². The lowest BCUT2D eigenvalue weighted by Crippen LogP contribution is -2.26. The van der Waals surface area contributed by atoms with E-state index in [1.54, 1.807) is 13.2 Å². The number of aromatic nitrogens is 1. The molecular formula is C9H12BrN3O. The molecule has 2 N–H and O–H groups in total. The lowest BCUT2D eigenvalue weighted by atomic mass is 10.3. The highest BCUT2D eigenvalue weighted by Crippen LogP contribution is 2.22. The largest absolute Gasteiger partial charge is 0.360 e. The highest BCUT2D eigenvalue weighted by atomic mass is 79.9. The predicted octanol–water partition coefficient (Wildman–Crippen LogP) is 1.31. The van der Waals surface area contributed by atoms with Crippen molar-refractivity contribution >= 4 is 27.7 Å². The van der Waals surface area contributed by atoms with E-state index >= 15 is 0 Å². The molecule has 14 heavy (non-hydrogen) atoms. The number of anilines is 1. The van der Waals surface area contributed by atoms with Crippen LogP contribution in [0.2, 0.25) is 0 Å². The summed E-state index contributed by atoms with van der Waals surface area (Å²) in [7, 11) is 1.60. The molecule has 0 aliphatic rings. The summed E-state index contributed by atoms with van der Waals surface area (Å²) < 4.78 is 0.893. The van der Waals surface area contributed by atoms with E-state index in [4.69, 9.17) is 0 Å². The van der Waals surface area contributed by atoms with Crippen LogP contribution >= 0.6 is 15.9 Å². The summed E-state index contributed by atoms with van der Waals surface area (Å²) in [6, 6.07) is 1.90. The van der Waals surface area contributed by atoms with Gasteiger partial charge in [-0.15, -0.1) is 0 Å². The predicted molar refractivity (Wildman–Crippen MR) is 59.2 cm³/mol. The highest BCUT2D eigenvalue weighted by molar-refractivity contribution is 9.10. The summed E-state index contributed by atoms with van der Waals surface area (Å²) in [5.74, 6) is 0.619. The molecule has 0 aliphatic heterocycles. The van der Waals surface area contributed by atoms with E-state index < -0.39 is 0 Å². The molecule has 0 aromatic carbocycles. The average Bonchev–Trinajstić information content (AvgIpc) is 2.20. The first-order chi connectivity index (χ1) is 6.65. The molecule has 5 heteroatoms. The molecule has 0 radical (unpaired) electrons. The molecule has 0 unspecified atom stereocenters. The van der Waals surface area contributed by atoms with Gasteiger partial charge in [-0.3, -0.25) is 4.79 Å². The van der Waals surface area contributed by atoms with Gasteiger partial charge in [0, 0.05) is 13.2 Å². The Balaban J connectivity index is 2.68. The Morgan fingerprint density at radius 1 is 1.64 bits per heavy atom. The Kier molecular flexibility index (Phi) is 3.88. The van der Waals surface area contributed by atoms with Gasteiger partial charge >= 0.3 is 0 Å². The Bertz CT molecular complexity index is 341. The highest BCUT2D eigenvalue weighted by Gasteiger charge is 2.04. The van der Waals surface area contributed by atoms with Crippen molar-refractivity contribution in [2.24, 2.45) is 0 Å². The number of rotatable bonds is 3. The number of hydrogen-bond acceptors (Lipinski definition) is 3. The molecule has 1 amide bonds. The Hall–Kier alpha value is -1.10. The maximum absolute atomic E-state index is 11.0. The van der Waals surface area contributed by atoms with Gasteiger partial charge in [0.1, 0.15) is 5.82 Å². The molecule has 0 saturated carbocycles. The Morgan fingerprint density at radius 2 is 2.36 bits per heavy atom. The van der Waals surface area contributed by atoms with Gasteiger partial charge in [0.05, 0.1) is 11.0 Å². The number of nitrogens with zero attached hydrogens (tertiary/aromatic N) is 1. The number of carbonyl (C=O) groups excluding carboxylic acids is 1. The lowest BCUT2D eigenvalue weighted by molar-refractivity contribution is -0.118. The van der Waals surface area contributed by atoms with Crippen molar-refractivity contribution in [1.82, 2.24) is 10.3 Å². The lowest BCUT2D eigenvalue weighted by Gasteiger charge is -2.07. The summed E-state index contributed by atoms with van der Waals surface area (Å²) in [5, 5.41) is 5.46. The van der Waals surface area contributed by atoms with Crippen LogP contribution in [0.4, 0.5) is 5.82 Å². The number of aryl methyl sites for hydroxylation is 1. The quantitative estimate of drug-likeness (QED) is 0.859. The first kappa shape index (κ1) is 11.0. The van der Waals surface area contributed by atoms with Gasteiger partial charge in [-0.25, -0.2) is 4.98 Å². The smallest absolute Gasteiger partial charge is 0.239 e. The molecule has 1 rings (SSSR count). The second-order valence-corrected chi connectivity index (χ2v) is 3.61. The fourth-order valence-electron chi connectivity index (χ4n) is 0.916. The number of amides is 1. The molecule has 76 valence electrons. The van der Waals surface area contributed by atoms with Crippen LogP contribution in [0.1, 0.15) is 5.56 Å². The number of halogens is 1. The Morgan fingerprint density at radius 3 is 3.00 bits per heavy atom. The third kappa shape index (κ3) is 2.70. The molecule has 1 heterocycles. The van der Waals surface area contributed by atoms with Crippen LogP contribution in [-0.2, 0) is 4.79 Å². The van der Waals surface area contributed by atoms with Crippen molar-refractivity contribution < 1.29 is 4.79 Å². The van der Waals surface area contributed by atoms with E-state index in [1.807, 2.05) is 13.0 Å². The zero-order chi connectivity index (χ0) is 10.6. The minimum atomic E-state index is -0.0693. The van der Waals surface area contributed by atoms with Crippen LogP contribution in [0.15, 0.2) is 16.7 Å². The van der Waals surface area contributed by atoms with Crippen molar-refractivity contribution in [3.05, 3.63) is 22.3 Å². The van der Waals surface area contributed by atoms with Crippen LogP contribution in [-0.4, -0.2) is 24.5 Å². The van der Waals surface area contributed by atoms with Gasteiger partial charge in [-0.1, -0.05) is 0 Å². The zero-order valence-corrected chi connectivity index (χ0v) is 9.68. The maximum atomic E-state index is 11.0. The third-order valence-corrected chi connectivity index (χ3v) is 2.78. The molecule has 0 atom stereocenters. The van der Waals surface area contributed by atoms with Gasteiger partial charge < -0.3 is 10.6 Å². The van der Waals surface area contributed by atoms with Crippen LogP contribution in [0, 0.1) is 6.92 Å². The minimum Gasteiger partial charge on any atom is -0.360 e. The van der Waals surface area contributed by atoms with Gasteiger partial charge in [0.15, 0.2) is 0 Å². The van der Waals surface area contributed by atoms with Crippen molar-refractivity contribution in [2.45, 2.75) is 6.92 Å². The van der Waals surface area contributed by atoms with Crippen molar-refractivity contribution in [1.29, 1.82) is 0 Å². The molecule has 1 aromatic heterocycles. The maximum Gasteiger partial charge on any atom is 0.239 e. The van der Waals surface area contributed by atoms with E-state index in [2.05, 4.69) is 31.5 Å². The summed E-state index contributed by atoms with van der Waals surface area (Å²) in [6.45, 7) is 2.20.